The summed E-state index contributed by atoms with van der Waals surface area (Å²) < 4.78 is 0. The summed E-state index contributed by atoms with van der Waals surface area (Å²) in [6.45, 7) is 4.65. The van der Waals surface area contributed by atoms with Crippen LogP contribution in [0.4, 0.5) is 5.69 Å². The number of anilines is 1. The van der Waals surface area contributed by atoms with Crippen molar-refractivity contribution < 1.29 is 14.7 Å². The predicted molar refractivity (Wildman–Crippen MR) is 108 cm³/mol. The molecule has 0 spiro atoms. The number of hydrogen-bond acceptors (Lipinski definition) is 3. The van der Waals surface area contributed by atoms with E-state index in [1.165, 1.54) is 5.56 Å². The van der Waals surface area contributed by atoms with Crippen LogP contribution in [0.5, 0.6) is 0 Å². The molecule has 2 aromatic rings. The van der Waals surface area contributed by atoms with Crippen LogP contribution in [0, 0.1) is 0 Å². The number of carbonyl (C=O) groups is 2. The maximum atomic E-state index is 12.0. The molecule has 2 aromatic carbocycles. The Bertz CT molecular complexity index is 727. The molecule has 27 heavy (non-hydrogen) atoms. The molecule has 5 nitrogen and oxygen atoms in total. The number of carbonyl (C=O) groups excluding carboxylic acids is 2. The molecular weight excluding hydrogens is 340 g/mol. The Morgan fingerprint density at radius 2 is 1.56 bits per heavy atom. The Hall–Kier alpha value is -2.66. The van der Waals surface area contributed by atoms with E-state index < -0.39 is 11.8 Å². The van der Waals surface area contributed by atoms with Gasteiger partial charge in [-0.05, 0) is 47.9 Å². The molecule has 0 aliphatic rings. The Labute approximate surface area is 160 Å². The first kappa shape index (κ1) is 20.6. The molecule has 2 amide bonds. The molecule has 0 aliphatic carbocycles. The normalized spacial score (nSPS) is 11.9. The van der Waals surface area contributed by atoms with Crippen molar-refractivity contribution >= 4 is 17.5 Å². The summed E-state index contributed by atoms with van der Waals surface area (Å²) >= 11 is 0. The lowest BCUT2D eigenvalue weighted by Crippen LogP contribution is -2.36. The zero-order valence-corrected chi connectivity index (χ0v) is 15.9. The zero-order chi connectivity index (χ0) is 19.6. The van der Waals surface area contributed by atoms with Gasteiger partial charge in [0.25, 0.3) is 0 Å². The van der Waals surface area contributed by atoms with Gasteiger partial charge in [0.1, 0.15) is 0 Å². The van der Waals surface area contributed by atoms with Crippen LogP contribution in [-0.4, -0.2) is 30.1 Å². The van der Waals surface area contributed by atoms with Gasteiger partial charge in [0.05, 0.1) is 0 Å². The Balaban J connectivity index is 1.82. The molecule has 144 valence electrons. The lowest BCUT2D eigenvalue weighted by molar-refractivity contribution is -0.136. The molecule has 0 radical (unpaired) electrons. The Kier molecular flexibility index (Phi) is 8.01. The van der Waals surface area contributed by atoms with Crippen molar-refractivity contribution in [2.24, 2.45) is 0 Å². The zero-order valence-electron chi connectivity index (χ0n) is 15.9. The van der Waals surface area contributed by atoms with Crippen LogP contribution in [-0.2, 0) is 9.59 Å². The lowest BCUT2D eigenvalue weighted by atomic mass is 9.93. The first-order chi connectivity index (χ1) is 13.0. The van der Waals surface area contributed by atoms with Crippen LogP contribution in [0.25, 0.3) is 0 Å². The van der Waals surface area contributed by atoms with E-state index in [4.69, 9.17) is 0 Å². The van der Waals surface area contributed by atoms with E-state index in [0.29, 0.717) is 31.0 Å². The minimum atomic E-state index is -0.675. The van der Waals surface area contributed by atoms with Gasteiger partial charge in [-0.1, -0.05) is 56.3 Å². The van der Waals surface area contributed by atoms with E-state index in [-0.39, 0.29) is 12.5 Å². The molecule has 5 heteroatoms. The van der Waals surface area contributed by atoms with Crippen LogP contribution in [0.15, 0.2) is 54.6 Å². The van der Waals surface area contributed by atoms with Crippen molar-refractivity contribution in [1.82, 2.24) is 5.32 Å². The Morgan fingerprint density at radius 3 is 2.15 bits per heavy atom. The summed E-state index contributed by atoms with van der Waals surface area (Å²) in [5.41, 5.74) is 2.89. The third-order valence-corrected chi connectivity index (χ3v) is 4.57. The molecular formula is C22H28N2O3. The highest BCUT2D eigenvalue weighted by Gasteiger charge is 2.15. The SMILES string of the molecule is CC(C)c1ccc(NC(=O)C(=O)NCCC(CCO)c2ccccc2)cc1. The van der Waals surface area contributed by atoms with Gasteiger partial charge in [-0.2, -0.15) is 0 Å². The summed E-state index contributed by atoms with van der Waals surface area (Å²) in [4.78, 5) is 24.1. The smallest absolute Gasteiger partial charge is 0.313 e. The minimum Gasteiger partial charge on any atom is -0.396 e. The monoisotopic (exact) mass is 368 g/mol. The summed E-state index contributed by atoms with van der Waals surface area (Å²) in [5, 5.41) is 14.5. The number of amides is 2. The fraction of sp³-hybridized carbons (Fsp3) is 0.364. The topological polar surface area (TPSA) is 78.4 Å². The van der Waals surface area contributed by atoms with E-state index in [2.05, 4.69) is 24.5 Å². The van der Waals surface area contributed by atoms with Crippen molar-refractivity contribution in [1.29, 1.82) is 0 Å². The predicted octanol–water partition coefficient (Wildman–Crippen LogP) is 3.42. The minimum absolute atomic E-state index is 0.0837. The van der Waals surface area contributed by atoms with Crippen LogP contribution in [0.1, 0.15) is 49.7 Å². The third kappa shape index (κ3) is 6.53. The van der Waals surface area contributed by atoms with E-state index in [9.17, 15) is 14.7 Å². The summed E-state index contributed by atoms with van der Waals surface area (Å²) in [6.07, 6.45) is 1.28. The molecule has 2 rings (SSSR count). The molecule has 0 bridgehead atoms. The molecule has 1 atom stereocenters. The van der Waals surface area contributed by atoms with Crippen molar-refractivity contribution in [2.75, 3.05) is 18.5 Å². The molecule has 0 aromatic heterocycles. The van der Waals surface area contributed by atoms with Gasteiger partial charge in [0, 0.05) is 18.8 Å². The molecule has 3 N–H and O–H groups in total. The maximum Gasteiger partial charge on any atom is 0.313 e. The van der Waals surface area contributed by atoms with Crippen LogP contribution >= 0.6 is 0 Å². The van der Waals surface area contributed by atoms with Gasteiger partial charge in [-0.25, -0.2) is 0 Å². The van der Waals surface area contributed by atoms with E-state index in [0.717, 1.165) is 5.56 Å². The highest BCUT2D eigenvalue weighted by atomic mass is 16.3. The number of aliphatic hydroxyl groups excluding tert-OH is 1. The summed E-state index contributed by atoms with van der Waals surface area (Å²) in [6, 6.07) is 17.4. The second-order valence-electron chi connectivity index (χ2n) is 6.90. The van der Waals surface area contributed by atoms with Gasteiger partial charge < -0.3 is 15.7 Å². The molecule has 0 aliphatic heterocycles. The first-order valence-electron chi connectivity index (χ1n) is 9.36. The van der Waals surface area contributed by atoms with Crippen LogP contribution < -0.4 is 10.6 Å². The number of hydrogen-bond donors (Lipinski definition) is 3. The first-order valence-corrected chi connectivity index (χ1v) is 9.36. The second kappa shape index (κ2) is 10.5. The van der Waals surface area contributed by atoms with Crippen molar-refractivity contribution in [3.8, 4) is 0 Å². The van der Waals surface area contributed by atoms with Gasteiger partial charge in [0.2, 0.25) is 0 Å². The highest BCUT2D eigenvalue weighted by molar-refractivity contribution is 6.39. The third-order valence-electron chi connectivity index (χ3n) is 4.57. The molecule has 0 saturated carbocycles. The summed E-state index contributed by atoms with van der Waals surface area (Å²) in [7, 11) is 0. The quantitative estimate of drug-likeness (QED) is 0.625. The standard InChI is InChI=1S/C22H28N2O3/c1-16(2)17-8-10-20(11-9-17)24-22(27)21(26)23-14-12-19(13-15-25)18-6-4-3-5-7-18/h3-11,16,19,25H,12-15H2,1-2H3,(H,23,26)(H,24,27). The molecule has 0 fully saturated rings. The number of nitrogens with one attached hydrogen (secondary N) is 2. The van der Waals surface area contributed by atoms with Gasteiger partial charge >= 0.3 is 11.8 Å². The van der Waals surface area contributed by atoms with E-state index in [1.54, 1.807) is 12.1 Å². The van der Waals surface area contributed by atoms with Crippen molar-refractivity contribution in [3.05, 3.63) is 65.7 Å². The number of benzene rings is 2. The second-order valence-corrected chi connectivity index (χ2v) is 6.90. The lowest BCUT2D eigenvalue weighted by Gasteiger charge is -2.16. The van der Waals surface area contributed by atoms with E-state index in [1.807, 2.05) is 42.5 Å². The average Bonchev–Trinajstić information content (AvgIpc) is 2.68. The van der Waals surface area contributed by atoms with Crippen molar-refractivity contribution in [2.45, 2.75) is 38.5 Å². The molecule has 1 unspecified atom stereocenters. The van der Waals surface area contributed by atoms with Crippen LogP contribution in [0.2, 0.25) is 0 Å². The molecule has 0 saturated heterocycles. The Morgan fingerprint density at radius 1 is 0.889 bits per heavy atom. The van der Waals surface area contributed by atoms with E-state index >= 15 is 0 Å². The van der Waals surface area contributed by atoms with Gasteiger partial charge in [-0.3, -0.25) is 9.59 Å². The largest absolute Gasteiger partial charge is 0.396 e. The fourth-order valence-corrected chi connectivity index (χ4v) is 2.94. The van der Waals surface area contributed by atoms with Crippen LogP contribution in [0.3, 0.4) is 0 Å². The molecule has 0 heterocycles. The number of aliphatic hydroxyl groups is 1. The number of rotatable bonds is 8. The average molecular weight is 368 g/mol. The van der Waals surface area contributed by atoms with Gasteiger partial charge in [-0.15, -0.1) is 0 Å². The maximum absolute atomic E-state index is 12.0. The summed E-state index contributed by atoms with van der Waals surface area (Å²) in [5.74, 6) is -0.776. The van der Waals surface area contributed by atoms with Crippen molar-refractivity contribution in [3.63, 3.8) is 0 Å². The van der Waals surface area contributed by atoms with Gasteiger partial charge in [0.15, 0.2) is 0 Å². The fourth-order valence-electron chi connectivity index (χ4n) is 2.94. The highest BCUT2D eigenvalue weighted by Crippen LogP contribution is 2.22.